The molecule has 0 aliphatic heterocycles. The molecular weight excluding hydrogens is 270 g/mol. The van der Waals surface area contributed by atoms with Crippen LogP contribution in [0.15, 0.2) is 29.8 Å². The third-order valence-electron chi connectivity index (χ3n) is 4.05. The largest absolute Gasteiger partial charge is 0.323 e. The lowest BCUT2D eigenvalue weighted by Gasteiger charge is -2.17. The third kappa shape index (κ3) is 3.35. The fourth-order valence-electron chi connectivity index (χ4n) is 1.97. The van der Waals surface area contributed by atoms with Crippen LogP contribution < -0.4 is 0 Å². The number of nitrogens with one attached hydrogen (secondary N) is 1. The maximum atomic E-state index is 4.71. The zero-order valence-corrected chi connectivity index (χ0v) is 14.4. The second kappa shape index (κ2) is 5.91. The predicted octanol–water partition coefficient (Wildman–Crippen LogP) is 5.48. The van der Waals surface area contributed by atoms with Crippen molar-refractivity contribution in [2.75, 3.05) is 0 Å². The van der Waals surface area contributed by atoms with Crippen LogP contribution >= 0.6 is 0 Å². The summed E-state index contributed by atoms with van der Waals surface area (Å²) in [5.74, 6) is 1.61. The van der Waals surface area contributed by atoms with Crippen LogP contribution in [0.3, 0.4) is 0 Å². The van der Waals surface area contributed by atoms with Gasteiger partial charge in [-0.25, -0.2) is 9.98 Å². The van der Waals surface area contributed by atoms with E-state index in [0.29, 0.717) is 0 Å². The fourth-order valence-corrected chi connectivity index (χ4v) is 1.97. The first-order chi connectivity index (χ1) is 10.2. The summed E-state index contributed by atoms with van der Waals surface area (Å²) in [7, 11) is 0. The molecule has 0 radical (unpaired) electrons. The standard InChI is InChI=1S/C19H25N3/c1-8-16-18(20-14(4)19(5,6)7)22-17(21-16)15-10-9-12(2)13(3)11-15/h8-11H,1H2,2-7H3,(H,21,22)/b20-14+. The highest BCUT2D eigenvalue weighted by Crippen LogP contribution is 2.27. The van der Waals surface area contributed by atoms with E-state index in [2.05, 4.69) is 69.4 Å². The minimum absolute atomic E-state index is 0.0319. The molecule has 1 aromatic carbocycles. The van der Waals surface area contributed by atoms with Gasteiger partial charge in [0, 0.05) is 16.7 Å². The van der Waals surface area contributed by atoms with E-state index in [1.54, 1.807) is 6.08 Å². The van der Waals surface area contributed by atoms with Crippen molar-refractivity contribution in [1.82, 2.24) is 9.97 Å². The summed E-state index contributed by atoms with van der Waals surface area (Å²) in [6.07, 6.45) is 1.75. The van der Waals surface area contributed by atoms with Gasteiger partial charge in [-0.05, 0) is 44.0 Å². The molecule has 0 saturated heterocycles. The maximum Gasteiger partial charge on any atom is 0.157 e. The van der Waals surface area contributed by atoms with Crippen molar-refractivity contribution < 1.29 is 0 Å². The highest BCUT2D eigenvalue weighted by molar-refractivity contribution is 5.89. The van der Waals surface area contributed by atoms with Gasteiger partial charge in [0.05, 0.1) is 0 Å². The van der Waals surface area contributed by atoms with Crippen molar-refractivity contribution in [3.05, 3.63) is 41.6 Å². The molecule has 116 valence electrons. The highest BCUT2D eigenvalue weighted by atomic mass is 15.0. The summed E-state index contributed by atoms with van der Waals surface area (Å²) in [5, 5.41) is 0. The molecule has 0 saturated carbocycles. The zero-order chi connectivity index (χ0) is 16.5. The number of aliphatic imine (C=N–C) groups is 1. The molecule has 3 nitrogen and oxygen atoms in total. The Labute approximate surface area is 133 Å². The van der Waals surface area contributed by atoms with Crippen LogP contribution in [0.25, 0.3) is 17.5 Å². The Balaban J connectivity index is 2.49. The Morgan fingerprint density at radius 1 is 1.23 bits per heavy atom. The number of aromatic amines is 1. The van der Waals surface area contributed by atoms with Crippen LogP contribution in [0.5, 0.6) is 0 Å². The number of aromatic nitrogens is 2. The first-order valence-corrected chi connectivity index (χ1v) is 7.58. The predicted molar refractivity (Wildman–Crippen MR) is 95.8 cm³/mol. The Hall–Kier alpha value is -2.16. The topological polar surface area (TPSA) is 41.0 Å². The van der Waals surface area contributed by atoms with E-state index >= 15 is 0 Å². The quantitative estimate of drug-likeness (QED) is 0.749. The van der Waals surface area contributed by atoms with Crippen molar-refractivity contribution in [2.24, 2.45) is 10.4 Å². The number of H-pyrrole nitrogens is 1. The number of benzene rings is 1. The maximum absolute atomic E-state index is 4.71. The fraction of sp³-hybridized carbons (Fsp3) is 0.368. The Morgan fingerprint density at radius 2 is 1.91 bits per heavy atom. The van der Waals surface area contributed by atoms with Crippen molar-refractivity contribution in [1.29, 1.82) is 0 Å². The lowest BCUT2D eigenvalue weighted by Crippen LogP contribution is -2.16. The Bertz CT molecular complexity index is 728. The molecule has 0 aliphatic carbocycles. The van der Waals surface area contributed by atoms with E-state index < -0.39 is 0 Å². The molecule has 0 amide bonds. The van der Waals surface area contributed by atoms with Gasteiger partial charge < -0.3 is 4.98 Å². The number of nitrogens with zero attached hydrogens (tertiary/aromatic N) is 2. The van der Waals surface area contributed by atoms with Gasteiger partial charge >= 0.3 is 0 Å². The van der Waals surface area contributed by atoms with Crippen molar-refractivity contribution in [3.8, 4) is 11.4 Å². The second-order valence-electron chi connectivity index (χ2n) is 6.77. The minimum atomic E-state index is 0.0319. The first-order valence-electron chi connectivity index (χ1n) is 7.58. The molecule has 0 atom stereocenters. The number of hydrogen-bond acceptors (Lipinski definition) is 2. The number of rotatable bonds is 3. The summed E-state index contributed by atoms with van der Waals surface area (Å²) in [5.41, 5.74) is 5.49. The zero-order valence-electron chi connectivity index (χ0n) is 14.4. The van der Waals surface area contributed by atoms with Crippen molar-refractivity contribution >= 4 is 17.6 Å². The lowest BCUT2D eigenvalue weighted by atomic mass is 9.91. The molecule has 1 heterocycles. The number of hydrogen-bond donors (Lipinski definition) is 1. The third-order valence-corrected chi connectivity index (χ3v) is 4.05. The minimum Gasteiger partial charge on any atom is -0.323 e. The van der Waals surface area contributed by atoms with Gasteiger partial charge in [0.25, 0.3) is 0 Å². The molecule has 0 bridgehead atoms. The van der Waals surface area contributed by atoms with E-state index in [0.717, 1.165) is 28.6 Å². The van der Waals surface area contributed by atoms with Crippen LogP contribution in [-0.2, 0) is 0 Å². The molecule has 0 spiro atoms. The van der Waals surface area contributed by atoms with Gasteiger partial charge in [-0.15, -0.1) is 0 Å². The Kier molecular flexibility index (Phi) is 4.36. The SMILES string of the molecule is C=Cc1nc(-c2ccc(C)c(C)c2)[nH]c1/N=C(\C)C(C)(C)C. The summed E-state index contributed by atoms with van der Waals surface area (Å²) < 4.78 is 0. The van der Waals surface area contributed by atoms with Crippen LogP contribution in [0.2, 0.25) is 0 Å². The summed E-state index contributed by atoms with van der Waals surface area (Å²) in [6, 6.07) is 6.34. The normalized spacial score (nSPS) is 12.5. The lowest BCUT2D eigenvalue weighted by molar-refractivity contribution is 0.588. The van der Waals surface area contributed by atoms with E-state index in [1.807, 2.05) is 6.92 Å². The molecule has 22 heavy (non-hydrogen) atoms. The molecule has 0 unspecified atom stereocenters. The average Bonchev–Trinajstić information content (AvgIpc) is 2.84. The summed E-state index contributed by atoms with van der Waals surface area (Å²) in [4.78, 5) is 12.7. The summed E-state index contributed by atoms with van der Waals surface area (Å²) >= 11 is 0. The van der Waals surface area contributed by atoms with E-state index in [9.17, 15) is 0 Å². The molecule has 0 fully saturated rings. The monoisotopic (exact) mass is 295 g/mol. The van der Waals surface area contributed by atoms with Gasteiger partial charge in [-0.1, -0.05) is 39.5 Å². The van der Waals surface area contributed by atoms with Crippen molar-refractivity contribution in [3.63, 3.8) is 0 Å². The van der Waals surface area contributed by atoms with E-state index in [-0.39, 0.29) is 5.41 Å². The van der Waals surface area contributed by atoms with E-state index in [1.165, 1.54) is 11.1 Å². The second-order valence-corrected chi connectivity index (χ2v) is 6.77. The van der Waals surface area contributed by atoms with E-state index in [4.69, 9.17) is 4.99 Å². The molecule has 2 rings (SSSR count). The van der Waals surface area contributed by atoms with Crippen LogP contribution in [0.4, 0.5) is 5.82 Å². The average molecular weight is 295 g/mol. The number of imidazole rings is 1. The van der Waals surface area contributed by atoms with Crippen LogP contribution in [0.1, 0.15) is 44.5 Å². The molecule has 2 aromatic rings. The molecule has 1 aromatic heterocycles. The smallest absolute Gasteiger partial charge is 0.157 e. The molecule has 3 heteroatoms. The van der Waals surface area contributed by atoms with Crippen LogP contribution in [-0.4, -0.2) is 15.7 Å². The number of aryl methyl sites for hydroxylation is 2. The molecule has 1 N–H and O–H groups in total. The van der Waals surface area contributed by atoms with Crippen molar-refractivity contribution in [2.45, 2.75) is 41.5 Å². The Morgan fingerprint density at radius 3 is 2.45 bits per heavy atom. The van der Waals surface area contributed by atoms with Gasteiger partial charge in [0.2, 0.25) is 0 Å². The molecule has 0 aliphatic rings. The summed E-state index contributed by atoms with van der Waals surface area (Å²) in [6.45, 7) is 16.6. The first kappa shape index (κ1) is 16.2. The molecular formula is C19H25N3. The van der Waals surface area contributed by atoms with Gasteiger partial charge in [0.15, 0.2) is 5.82 Å². The van der Waals surface area contributed by atoms with Crippen LogP contribution in [0, 0.1) is 19.3 Å². The van der Waals surface area contributed by atoms with Gasteiger partial charge in [-0.3, -0.25) is 0 Å². The van der Waals surface area contributed by atoms with Gasteiger partial charge in [0.1, 0.15) is 11.5 Å². The van der Waals surface area contributed by atoms with Gasteiger partial charge in [-0.2, -0.15) is 0 Å². The highest BCUT2D eigenvalue weighted by Gasteiger charge is 2.16.